The number of phenols is 1. The normalized spacial score (nSPS) is 11.1. The van der Waals surface area contributed by atoms with Gasteiger partial charge in [-0.1, -0.05) is 37.3 Å². The van der Waals surface area contributed by atoms with Crippen LogP contribution in [0.1, 0.15) is 40.6 Å². The van der Waals surface area contributed by atoms with E-state index in [9.17, 15) is 9.90 Å². The second-order valence-electron chi connectivity index (χ2n) is 7.51. The fourth-order valence-electron chi connectivity index (χ4n) is 3.64. The first kappa shape index (κ1) is 23.1. The SMILES string of the molecule is CCCc1oc2cc(OCCc3ccccc3)ccc2c1C(=O)c1cc(I)c(O)c(I)c1. The van der Waals surface area contributed by atoms with Crippen LogP contribution in [0.3, 0.4) is 0 Å². The molecule has 0 amide bonds. The molecule has 1 N–H and O–H groups in total. The standard InChI is InChI=1S/C26H22I2O4/c1-2-6-22-24(25(29)17-13-20(27)26(30)21(28)14-17)19-10-9-18(15-23(19)32-22)31-12-11-16-7-4-3-5-8-16/h3-5,7-10,13-15,30H,2,6,11-12H2,1H3. The first-order valence-electron chi connectivity index (χ1n) is 10.4. The number of aromatic hydroxyl groups is 1. The van der Waals surface area contributed by atoms with E-state index in [1.807, 2.05) is 81.6 Å². The molecule has 4 aromatic rings. The van der Waals surface area contributed by atoms with E-state index >= 15 is 0 Å². The molecule has 4 rings (SSSR count). The van der Waals surface area contributed by atoms with Crippen molar-refractivity contribution in [3.63, 3.8) is 0 Å². The maximum absolute atomic E-state index is 13.5. The van der Waals surface area contributed by atoms with Gasteiger partial charge in [0.1, 0.15) is 22.8 Å². The summed E-state index contributed by atoms with van der Waals surface area (Å²) >= 11 is 4.09. The molecule has 0 bridgehead atoms. The van der Waals surface area contributed by atoms with Gasteiger partial charge in [-0.15, -0.1) is 0 Å². The third-order valence-electron chi connectivity index (χ3n) is 5.22. The number of hydrogen-bond donors (Lipinski definition) is 1. The lowest BCUT2D eigenvalue weighted by atomic mass is 9.98. The molecule has 0 saturated carbocycles. The minimum absolute atomic E-state index is 0.0965. The molecule has 0 radical (unpaired) electrons. The Labute approximate surface area is 214 Å². The van der Waals surface area contributed by atoms with Crippen molar-refractivity contribution in [2.45, 2.75) is 26.2 Å². The number of carbonyl (C=O) groups is 1. The lowest BCUT2D eigenvalue weighted by molar-refractivity contribution is 0.103. The summed E-state index contributed by atoms with van der Waals surface area (Å²) in [6.07, 6.45) is 2.36. The van der Waals surface area contributed by atoms with E-state index in [0.29, 0.717) is 42.6 Å². The Balaban J connectivity index is 1.63. The van der Waals surface area contributed by atoms with Crippen molar-refractivity contribution in [2.24, 2.45) is 0 Å². The number of ether oxygens (including phenoxy) is 1. The van der Waals surface area contributed by atoms with E-state index in [1.54, 1.807) is 12.1 Å². The van der Waals surface area contributed by atoms with Crippen LogP contribution in [0.5, 0.6) is 11.5 Å². The average Bonchev–Trinajstić information content (AvgIpc) is 3.14. The summed E-state index contributed by atoms with van der Waals surface area (Å²) in [4.78, 5) is 13.5. The van der Waals surface area contributed by atoms with Gasteiger partial charge in [0.2, 0.25) is 0 Å². The number of halogens is 2. The van der Waals surface area contributed by atoms with Crippen molar-refractivity contribution in [1.82, 2.24) is 0 Å². The van der Waals surface area contributed by atoms with Crippen molar-refractivity contribution in [3.8, 4) is 11.5 Å². The summed E-state index contributed by atoms with van der Waals surface area (Å²) in [6, 6.07) is 19.3. The molecule has 0 fully saturated rings. The number of furan rings is 1. The average molecular weight is 652 g/mol. The van der Waals surface area contributed by atoms with Gasteiger partial charge in [0.15, 0.2) is 5.78 Å². The van der Waals surface area contributed by atoms with Crippen LogP contribution < -0.4 is 4.74 Å². The predicted octanol–water partition coefficient (Wildman–Crippen LogP) is 7.15. The van der Waals surface area contributed by atoms with Gasteiger partial charge in [-0.05, 0) is 81.4 Å². The lowest BCUT2D eigenvalue weighted by Gasteiger charge is -2.07. The summed E-state index contributed by atoms with van der Waals surface area (Å²) in [5.74, 6) is 1.51. The number of phenolic OH excluding ortho intramolecular Hbond substituents is 1. The second kappa shape index (κ2) is 10.2. The van der Waals surface area contributed by atoms with Gasteiger partial charge in [0.25, 0.3) is 0 Å². The van der Waals surface area contributed by atoms with Gasteiger partial charge < -0.3 is 14.3 Å². The topological polar surface area (TPSA) is 59.7 Å². The summed E-state index contributed by atoms with van der Waals surface area (Å²) in [5.41, 5.74) is 3.01. The largest absolute Gasteiger partial charge is 0.506 e. The summed E-state index contributed by atoms with van der Waals surface area (Å²) in [5, 5.41) is 10.9. The van der Waals surface area contributed by atoms with Crippen molar-refractivity contribution >= 4 is 61.9 Å². The van der Waals surface area contributed by atoms with Gasteiger partial charge in [-0.2, -0.15) is 0 Å². The van der Waals surface area contributed by atoms with Crippen LogP contribution >= 0.6 is 45.2 Å². The van der Waals surface area contributed by atoms with E-state index < -0.39 is 0 Å². The minimum atomic E-state index is -0.0965. The number of fused-ring (bicyclic) bond motifs is 1. The molecule has 0 saturated heterocycles. The second-order valence-corrected chi connectivity index (χ2v) is 9.83. The first-order chi connectivity index (χ1) is 15.5. The lowest BCUT2D eigenvalue weighted by Crippen LogP contribution is -2.05. The van der Waals surface area contributed by atoms with Gasteiger partial charge in [-0.25, -0.2) is 0 Å². The number of aryl methyl sites for hydroxylation is 1. The molecule has 0 spiro atoms. The molecule has 1 heterocycles. The smallest absolute Gasteiger partial charge is 0.197 e. The zero-order valence-corrected chi connectivity index (χ0v) is 21.8. The summed E-state index contributed by atoms with van der Waals surface area (Å²) < 4.78 is 13.4. The fourth-order valence-corrected chi connectivity index (χ4v) is 5.41. The third kappa shape index (κ3) is 4.96. The van der Waals surface area contributed by atoms with Crippen molar-refractivity contribution < 1.29 is 19.1 Å². The van der Waals surface area contributed by atoms with Gasteiger partial charge >= 0.3 is 0 Å². The van der Waals surface area contributed by atoms with E-state index in [-0.39, 0.29) is 11.5 Å². The Hall–Kier alpha value is -2.07. The highest BCUT2D eigenvalue weighted by molar-refractivity contribution is 14.1. The van der Waals surface area contributed by atoms with Gasteiger partial charge in [-0.3, -0.25) is 4.79 Å². The quantitative estimate of drug-likeness (QED) is 0.162. The Kier molecular flexibility index (Phi) is 7.40. The molecule has 3 aromatic carbocycles. The van der Waals surface area contributed by atoms with E-state index in [2.05, 4.69) is 19.1 Å². The molecular weight excluding hydrogens is 630 g/mol. The molecule has 0 unspecified atom stereocenters. The van der Waals surface area contributed by atoms with Gasteiger partial charge in [0.05, 0.1) is 19.3 Å². The van der Waals surface area contributed by atoms with Crippen LogP contribution in [-0.2, 0) is 12.8 Å². The van der Waals surface area contributed by atoms with E-state index in [0.717, 1.165) is 24.0 Å². The Morgan fingerprint density at radius 2 is 1.72 bits per heavy atom. The third-order valence-corrected chi connectivity index (χ3v) is 6.86. The maximum atomic E-state index is 13.5. The maximum Gasteiger partial charge on any atom is 0.197 e. The molecule has 32 heavy (non-hydrogen) atoms. The molecule has 0 aliphatic carbocycles. The molecule has 1 aromatic heterocycles. The van der Waals surface area contributed by atoms with Crippen molar-refractivity contribution in [1.29, 1.82) is 0 Å². The van der Waals surface area contributed by atoms with E-state index in [4.69, 9.17) is 9.15 Å². The van der Waals surface area contributed by atoms with Crippen LogP contribution in [-0.4, -0.2) is 17.5 Å². The number of benzene rings is 3. The van der Waals surface area contributed by atoms with Crippen LogP contribution in [0.15, 0.2) is 65.1 Å². The fraction of sp³-hybridized carbons (Fsp3) is 0.192. The van der Waals surface area contributed by atoms with Crippen LogP contribution in [0.25, 0.3) is 11.0 Å². The van der Waals surface area contributed by atoms with Crippen molar-refractivity contribution in [3.05, 3.63) is 90.3 Å². The van der Waals surface area contributed by atoms with Crippen LogP contribution in [0, 0.1) is 7.14 Å². The first-order valence-corrected chi connectivity index (χ1v) is 12.6. The highest BCUT2D eigenvalue weighted by atomic mass is 127. The Morgan fingerprint density at radius 3 is 2.41 bits per heavy atom. The molecule has 4 nitrogen and oxygen atoms in total. The van der Waals surface area contributed by atoms with Gasteiger partial charge in [0, 0.05) is 29.9 Å². The Bertz CT molecular complexity index is 1240. The zero-order chi connectivity index (χ0) is 22.7. The Morgan fingerprint density at radius 1 is 1.00 bits per heavy atom. The summed E-state index contributed by atoms with van der Waals surface area (Å²) in [6.45, 7) is 2.63. The van der Waals surface area contributed by atoms with Crippen molar-refractivity contribution in [2.75, 3.05) is 6.61 Å². The monoisotopic (exact) mass is 652 g/mol. The minimum Gasteiger partial charge on any atom is -0.506 e. The molecular formula is C26H22I2O4. The zero-order valence-electron chi connectivity index (χ0n) is 17.5. The molecule has 0 aliphatic heterocycles. The van der Waals surface area contributed by atoms with Crippen LogP contribution in [0.2, 0.25) is 0 Å². The highest BCUT2D eigenvalue weighted by Gasteiger charge is 2.23. The van der Waals surface area contributed by atoms with Crippen LogP contribution in [0.4, 0.5) is 0 Å². The molecule has 0 aliphatic rings. The number of carbonyl (C=O) groups excluding carboxylic acids is 1. The molecule has 6 heteroatoms. The number of hydrogen-bond acceptors (Lipinski definition) is 4. The molecule has 0 atom stereocenters. The molecule has 164 valence electrons. The number of rotatable bonds is 8. The highest BCUT2D eigenvalue weighted by Crippen LogP contribution is 2.34. The summed E-state index contributed by atoms with van der Waals surface area (Å²) in [7, 11) is 0. The predicted molar refractivity (Wildman–Crippen MR) is 143 cm³/mol. The number of ketones is 1. The van der Waals surface area contributed by atoms with E-state index in [1.165, 1.54) is 5.56 Å².